The van der Waals surface area contributed by atoms with Gasteiger partial charge in [0.2, 0.25) is 11.8 Å². The van der Waals surface area contributed by atoms with Crippen molar-refractivity contribution in [3.8, 4) is 0 Å². The van der Waals surface area contributed by atoms with Crippen molar-refractivity contribution in [1.82, 2.24) is 24.3 Å². The van der Waals surface area contributed by atoms with Crippen molar-refractivity contribution in [2.75, 3.05) is 19.6 Å². The van der Waals surface area contributed by atoms with Crippen molar-refractivity contribution in [3.63, 3.8) is 0 Å². The fourth-order valence-electron chi connectivity index (χ4n) is 5.47. The molecule has 2 amide bonds. The minimum Gasteiger partial charge on any atom is -0.393 e. The van der Waals surface area contributed by atoms with Crippen LogP contribution < -0.4 is 0 Å². The second-order valence-electron chi connectivity index (χ2n) is 9.92. The summed E-state index contributed by atoms with van der Waals surface area (Å²) in [6, 6.07) is 0.284. The van der Waals surface area contributed by atoms with Crippen molar-refractivity contribution in [2.24, 2.45) is 11.3 Å². The van der Waals surface area contributed by atoms with Crippen LogP contribution in [-0.4, -0.2) is 67.0 Å². The van der Waals surface area contributed by atoms with Crippen molar-refractivity contribution >= 4 is 23.2 Å². The summed E-state index contributed by atoms with van der Waals surface area (Å²) >= 11 is 1.60. The maximum Gasteiger partial charge on any atom is 0.231 e. The van der Waals surface area contributed by atoms with Gasteiger partial charge in [-0.3, -0.25) is 9.59 Å². The Bertz CT molecular complexity index is 1030. The molecule has 0 aromatic carbocycles. The van der Waals surface area contributed by atoms with Crippen molar-refractivity contribution in [3.05, 3.63) is 34.3 Å². The van der Waals surface area contributed by atoms with Crippen LogP contribution in [0.3, 0.4) is 0 Å². The highest BCUT2D eigenvalue weighted by molar-refractivity contribution is 7.09. The molecule has 2 aromatic rings. The summed E-state index contributed by atoms with van der Waals surface area (Å²) in [5, 5.41) is 12.7. The summed E-state index contributed by atoms with van der Waals surface area (Å²) < 4.78 is 2.06. The molecule has 0 radical (unpaired) electrons. The number of rotatable bonds is 5. The Morgan fingerprint density at radius 2 is 2.16 bits per heavy atom. The molecule has 2 aromatic heterocycles. The predicted molar refractivity (Wildman–Crippen MR) is 120 cm³/mol. The van der Waals surface area contributed by atoms with Crippen LogP contribution in [0.1, 0.15) is 61.5 Å². The summed E-state index contributed by atoms with van der Waals surface area (Å²) in [5.74, 6) is -0.0660. The molecule has 5 rings (SSSR count). The number of carbonyl (C=O) groups is 2. The molecule has 8 nitrogen and oxygen atoms in total. The molecule has 1 aliphatic carbocycles. The number of thiazole rings is 1. The average Bonchev–Trinajstić information content (AvgIpc) is 3.50. The zero-order chi connectivity index (χ0) is 22.6. The summed E-state index contributed by atoms with van der Waals surface area (Å²) in [6.07, 6.45) is 5.26. The van der Waals surface area contributed by atoms with Gasteiger partial charge in [0, 0.05) is 49.1 Å². The predicted octanol–water partition coefficient (Wildman–Crippen LogP) is 2.34. The molecular formula is C23H31N5O3S. The van der Waals surface area contributed by atoms with Gasteiger partial charge in [0.15, 0.2) is 0 Å². The molecule has 2 atom stereocenters. The molecule has 32 heavy (non-hydrogen) atoms. The fourth-order valence-corrected chi connectivity index (χ4v) is 6.08. The highest BCUT2D eigenvalue weighted by atomic mass is 32.1. The van der Waals surface area contributed by atoms with Crippen LogP contribution in [0.5, 0.6) is 0 Å². The highest BCUT2D eigenvalue weighted by Crippen LogP contribution is 2.50. The van der Waals surface area contributed by atoms with Gasteiger partial charge in [-0.05, 0) is 40.0 Å². The lowest BCUT2D eigenvalue weighted by molar-refractivity contribution is -0.142. The van der Waals surface area contributed by atoms with Gasteiger partial charge in [-0.25, -0.2) is 9.97 Å². The lowest BCUT2D eigenvalue weighted by Gasteiger charge is -2.33. The normalized spacial score (nSPS) is 30.0. The van der Waals surface area contributed by atoms with E-state index in [0.29, 0.717) is 45.4 Å². The first-order chi connectivity index (χ1) is 15.3. The van der Waals surface area contributed by atoms with E-state index in [-0.39, 0.29) is 35.8 Å². The Kier molecular flexibility index (Phi) is 5.36. The topological polar surface area (TPSA) is 91.6 Å². The lowest BCUT2D eigenvalue weighted by Crippen LogP contribution is -2.44. The summed E-state index contributed by atoms with van der Waals surface area (Å²) in [6.45, 7) is 8.30. The Labute approximate surface area is 192 Å². The van der Waals surface area contributed by atoms with Gasteiger partial charge in [0.1, 0.15) is 0 Å². The van der Waals surface area contributed by atoms with E-state index in [1.54, 1.807) is 11.3 Å². The fraction of sp³-hybridized carbons (Fsp3) is 0.652. The number of hydrogen-bond donors (Lipinski definition) is 1. The van der Waals surface area contributed by atoms with Gasteiger partial charge in [0.25, 0.3) is 0 Å². The van der Waals surface area contributed by atoms with Gasteiger partial charge in [0.05, 0.1) is 40.8 Å². The third-order valence-corrected chi connectivity index (χ3v) is 8.27. The van der Waals surface area contributed by atoms with Crippen LogP contribution in [0.25, 0.3) is 0 Å². The highest BCUT2D eigenvalue weighted by Gasteiger charge is 2.59. The van der Waals surface area contributed by atoms with E-state index in [1.807, 2.05) is 34.6 Å². The SMILES string of the molecule is Cc1nc(CN2CC[C@]3(CN(C(=O)C4CC(O)C4)C[C@@H]3c3cn(C(C)C)cn3)C2=O)cs1. The number of aliphatic hydroxyl groups excluding tert-OH is 1. The van der Waals surface area contributed by atoms with Crippen LogP contribution >= 0.6 is 11.3 Å². The summed E-state index contributed by atoms with van der Waals surface area (Å²) in [4.78, 5) is 39.9. The molecule has 1 saturated carbocycles. The molecule has 0 unspecified atom stereocenters. The van der Waals surface area contributed by atoms with E-state index in [0.717, 1.165) is 16.4 Å². The Balaban J connectivity index is 1.42. The second-order valence-corrected chi connectivity index (χ2v) is 11.0. The first-order valence-electron chi connectivity index (χ1n) is 11.5. The Hall–Kier alpha value is -2.26. The number of aliphatic hydroxyl groups is 1. The Morgan fingerprint density at radius 3 is 2.78 bits per heavy atom. The van der Waals surface area contributed by atoms with Crippen molar-refractivity contribution in [1.29, 1.82) is 0 Å². The number of nitrogens with zero attached hydrogens (tertiary/aromatic N) is 5. The maximum atomic E-state index is 13.8. The third-order valence-electron chi connectivity index (χ3n) is 7.45. The molecule has 1 N–H and O–H groups in total. The standard InChI is InChI=1S/C23H31N5O3S/c1-14(2)28-10-20(24-13-28)19-9-27(21(30)16-6-18(29)7-16)12-23(19)4-5-26(22(23)31)8-17-11-32-15(3)25-17/h10-11,13-14,16,18-19,29H,4-9,12H2,1-3H3/t16?,18?,19-,23-/m1/s1. The summed E-state index contributed by atoms with van der Waals surface area (Å²) in [5.41, 5.74) is 1.18. The lowest BCUT2D eigenvalue weighted by atomic mass is 9.75. The van der Waals surface area contributed by atoms with Crippen LogP contribution in [0.4, 0.5) is 0 Å². The van der Waals surface area contributed by atoms with Gasteiger partial charge in [-0.2, -0.15) is 0 Å². The number of amides is 2. The van der Waals surface area contributed by atoms with Crippen LogP contribution in [-0.2, 0) is 16.1 Å². The third kappa shape index (κ3) is 3.55. The number of carbonyl (C=O) groups excluding carboxylic acids is 2. The average molecular weight is 458 g/mol. The molecule has 172 valence electrons. The molecule has 1 spiro atoms. The zero-order valence-corrected chi connectivity index (χ0v) is 19.7. The monoisotopic (exact) mass is 457 g/mol. The second kappa shape index (κ2) is 7.95. The van der Waals surface area contributed by atoms with Gasteiger partial charge in [-0.1, -0.05) is 0 Å². The molecule has 0 bridgehead atoms. The quantitative estimate of drug-likeness (QED) is 0.744. The van der Waals surface area contributed by atoms with Crippen molar-refractivity contribution < 1.29 is 14.7 Å². The number of likely N-dealkylation sites (tertiary alicyclic amines) is 2. The molecule has 2 aliphatic heterocycles. The number of aromatic nitrogens is 3. The maximum absolute atomic E-state index is 13.8. The van der Waals surface area contributed by atoms with E-state index in [9.17, 15) is 14.7 Å². The zero-order valence-electron chi connectivity index (χ0n) is 18.9. The van der Waals surface area contributed by atoms with E-state index < -0.39 is 5.41 Å². The number of aryl methyl sites for hydroxylation is 1. The minimum atomic E-state index is -0.640. The van der Waals surface area contributed by atoms with E-state index in [2.05, 4.69) is 28.4 Å². The molecule has 2 saturated heterocycles. The minimum absolute atomic E-state index is 0.0712. The molecule has 3 aliphatic rings. The first-order valence-corrected chi connectivity index (χ1v) is 12.4. The van der Waals surface area contributed by atoms with Gasteiger partial charge >= 0.3 is 0 Å². The van der Waals surface area contributed by atoms with E-state index in [4.69, 9.17) is 0 Å². The Morgan fingerprint density at radius 1 is 1.38 bits per heavy atom. The van der Waals surface area contributed by atoms with Crippen molar-refractivity contribution in [2.45, 2.75) is 64.6 Å². The van der Waals surface area contributed by atoms with Crippen LogP contribution in [0.15, 0.2) is 17.9 Å². The molecule has 4 heterocycles. The number of hydrogen-bond acceptors (Lipinski definition) is 6. The smallest absolute Gasteiger partial charge is 0.231 e. The van der Waals surface area contributed by atoms with E-state index >= 15 is 0 Å². The van der Waals surface area contributed by atoms with Crippen LogP contribution in [0.2, 0.25) is 0 Å². The van der Waals surface area contributed by atoms with Crippen LogP contribution in [0, 0.1) is 18.3 Å². The first kappa shape index (κ1) is 21.6. The van der Waals surface area contributed by atoms with Gasteiger partial charge in [-0.15, -0.1) is 11.3 Å². The number of imidazole rings is 1. The summed E-state index contributed by atoms with van der Waals surface area (Å²) in [7, 11) is 0. The molecule has 9 heteroatoms. The van der Waals surface area contributed by atoms with Gasteiger partial charge < -0.3 is 19.5 Å². The molecule has 3 fully saturated rings. The molecular weight excluding hydrogens is 426 g/mol. The van der Waals surface area contributed by atoms with E-state index in [1.165, 1.54) is 0 Å². The largest absolute Gasteiger partial charge is 0.393 e.